The molecule has 0 aromatic rings. The molecule has 0 aromatic heterocycles. The second kappa shape index (κ2) is 6.73. The van der Waals surface area contributed by atoms with Gasteiger partial charge in [0.1, 0.15) is 0 Å². The lowest BCUT2D eigenvalue weighted by Gasteiger charge is -2.28. The maximum Gasteiger partial charge on any atom is 0.0178 e. The lowest BCUT2D eigenvalue weighted by atomic mass is 10.0. The van der Waals surface area contributed by atoms with Crippen LogP contribution in [0.2, 0.25) is 0 Å². The van der Waals surface area contributed by atoms with Crippen LogP contribution in [0.25, 0.3) is 0 Å². The highest BCUT2D eigenvalue weighted by Gasteiger charge is 2.20. The van der Waals surface area contributed by atoms with E-state index in [2.05, 4.69) is 38.0 Å². The standard InChI is InChI=1S/C12H25NS/c1-4-12(13-3)10(2)14-11-8-6-5-7-9-11/h10-13H,4-9H2,1-3H3. The van der Waals surface area contributed by atoms with E-state index < -0.39 is 0 Å². The van der Waals surface area contributed by atoms with Gasteiger partial charge in [0.25, 0.3) is 0 Å². The summed E-state index contributed by atoms with van der Waals surface area (Å²) < 4.78 is 0. The van der Waals surface area contributed by atoms with Gasteiger partial charge in [-0.15, -0.1) is 0 Å². The Morgan fingerprint density at radius 3 is 2.43 bits per heavy atom. The molecule has 2 unspecified atom stereocenters. The van der Waals surface area contributed by atoms with Gasteiger partial charge in [-0.1, -0.05) is 33.1 Å². The molecule has 0 heterocycles. The van der Waals surface area contributed by atoms with Gasteiger partial charge >= 0.3 is 0 Å². The zero-order valence-electron chi connectivity index (χ0n) is 9.88. The lowest BCUT2D eigenvalue weighted by Crippen LogP contribution is -2.34. The molecule has 1 N–H and O–H groups in total. The Labute approximate surface area is 93.4 Å². The molecule has 14 heavy (non-hydrogen) atoms. The average Bonchev–Trinajstić information content (AvgIpc) is 2.21. The summed E-state index contributed by atoms with van der Waals surface area (Å²) >= 11 is 2.22. The third kappa shape index (κ3) is 3.82. The van der Waals surface area contributed by atoms with Crippen LogP contribution in [-0.4, -0.2) is 23.6 Å². The highest BCUT2D eigenvalue weighted by atomic mass is 32.2. The van der Waals surface area contributed by atoms with Gasteiger partial charge in [0.05, 0.1) is 0 Å². The summed E-state index contributed by atoms with van der Waals surface area (Å²) in [4.78, 5) is 0. The molecule has 0 spiro atoms. The molecule has 0 radical (unpaired) electrons. The van der Waals surface area contributed by atoms with Gasteiger partial charge in [-0.25, -0.2) is 0 Å². The van der Waals surface area contributed by atoms with Gasteiger partial charge in [0.15, 0.2) is 0 Å². The van der Waals surface area contributed by atoms with Gasteiger partial charge in [-0.2, -0.15) is 11.8 Å². The highest BCUT2D eigenvalue weighted by molar-refractivity contribution is 8.00. The summed E-state index contributed by atoms with van der Waals surface area (Å²) in [6.45, 7) is 4.66. The Balaban J connectivity index is 2.26. The summed E-state index contributed by atoms with van der Waals surface area (Å²) in [6, 6.07) is 0.696. The second-order valence-corrected chi connectivity index (χ2v) is 6.09. The van der Waals surface area contributed by atoms with Crippen LogP contribution in [0.4, 0.5) is 0 Å². The van der Waals surface area contributed by atoms with Crippen molar-refractivity contribution in [2.45, 2.75) is 68.9 Å². The summed E-state index contributed by atoms with van der Waals surface area (Å²) in [5.41, 5.74) is 0. The van der Waals surface area contributed by atoms with E-state index in [1.165, 1.54) is 38.5 Å². The second-order valence-electron chi connectivity index (χ2n) is 4.40. The molecular weight excluding hydrogens is 190 g/mol. The molecule has 1 aliphatic rings. The van der Waals surface area contributed by atoms with Crippen molar-refractivity contribution in [3.63, 3.8) is 0 Å². The van der Waals surface area contributed by atoms with Gasteiger partial charge in [0.2, 0.25) is 0 Å². The first-order valence-corrected chi connectivity index (χ1v) is 7.05. The van der Waals surface area contributed by atoms with Crippen molar-refractivity contribution in [1.29, 1.82) is 0 Å². The van der Waals surface area contributed by atoms with Gasteiger partial charge in [0, 0.05) is 16.5 Å². The van der Waals surface area contributed by atoms with Crippen LogP contribution >= 0.6 is 11.8 Å². The molecule has 1 fully saturated rings. The Morgan fingerprint density at radius 1 is 1.29 bits per heavy atom. The maximum absolute atomic E-state index is 3.42. The van der Waals surface area contributed by atoms with Crippen LogP contribution < -0.4 is 5.32 Å². The molecule has 1 rings (SSSR count). The maximum atomic E-state index is 3.42. The summed E-state index contributed by atoms with van der Waals surface area (Å²) in [5, 5.41) is 5.14. The zero-order valence-corrected chi connectivity index (χ0v) is 10.7. The normalized spacial score (nSPS) is 23.4. The van der Waals surface area contributed by atoms with E-state index in [1.54, 1.807) is 0 Å². The molecule has 2 atom stereocenters. The zero-order chi connectivity index (χ0) is 10.4. The SMILES string of the molecule is CCC(NC)C(C)SC1CCCCC1. The van der Waals surface area contributed by atoms with Crippen molar-refractivity contribution in [3.05, 3.63) is 0 Å². The Hall–Kier alpha value is 0.310. The number of rotatable bonds is 5. The Bertz CT molecular complexity index is 139. The van der Waals surface area contributed by atoms with E-state index >= 15 is 0 Å². The Kier molecular flexibility index (Phi) is 5.95. The fraction of sp³-hybridized carbons (Fsp3) is 1.00. The Morgan fingerprint density at radius 2 is 1.93 bits per heavy atom. The van der Waals surface area contributed by atoms with Gasteiger partial charge in [-0.3, -0.25) is 0 Å². The van der Waals surface area contributed by atoms with E-state index in [9.17, 15) is 0 Å². The number of thioether (sulfide) groups is 1. The van der Waals surface area contributed by atoms with Crippen LogP contribution in [0, 0.1) is 0 Å². The number of hydrogen-bond acceptors (Lipinski definition) is 2. The van der Waals surface area contributed by atoms with Crippen molar-refractivity contribution >= 4 is 11.8 Å². The molecule has 1 nitrogen and oxygen atoms in total. The molecule has 0 bridgehead atoms. The molecule has 1 aliphatic carbocycles. The first-order chi connectivity index (χ1) is 6.77. The van der Waals surface area contributed by atoms with E-state index in [0.29, 0.717) is 6.04 Å². The topological polar surface area (TPSA) is 12.0 Å². The van der Waals surface area contributed by atoms with Crippen molar-refractivity contribution < 1.29 is 0 Å². The fourth-order valence-corrected chi connectivity index (χ4v) is 4.10. The first-order valence-electron chi connectivity index (χ1n) is 6.10. The predicted molar refractivity (Wildman–Crippen MR) is 67.1 cm³/mol. The van der Waals surface area contributed by atoms with Crippen molar-refractivity contribution in [3.8, 4) is 0 Å². The van der Waals surface area contributed by atoms with Crippen LogP contribution in [0.15, 0.2) is 0 Å². The smallest absolute Gasteiger partial charge is 0.0178 e. The molecule has 2 heteroatoms. The van der Waals surface area contributed by atoms with Crippen molar-refractivity contribution in [1.82, 2.24) is 5.32 Å². The molecule has 0 amide bonds. The third-order valence-electron chi connectivity index (χ3n) is 3.34. The molecule has 1 saturated carbocycles. The van der Waals surface area contributed by atoms with Crippen LogP contribution in [-0.2, 0) is 0 Å². The summed E-state index contributed by atoms with van der Waals surface area (Å²) in [7, 11) is 2.09. The monoisotopic (exact) mass is 215 g/mol. The van der Waals surface area contributed by atoms with Crippen LogP contribution in [0.3, 0.4) is 0 Å². The van der Waals surface area contributed by atoms with Gasteiger partial charge in [-0.05, 0) is 26.3 Å². The minimum Gasteiger partial charge on any atom is -0.316 e. The minimum absolute atomic E-state index is 0.696. The van der Waals surface area contributed by atoms with Crippen molar-refractivity contribution in [2.75, 3.05) is 7.05 Å². The molecule has 0 saturated heterocycles. The number of hydrogen-bond donors (Lipinski definition) is 1. The fourth-order valence-electron chi connectivity index (χ4n) is 2.37. The van der Waals surface area contributed by atoms with E-state index in [1.807, 2.05) is 0 Å². The van der Waals surface area contributed by atoms with Crippen LogP contribution in [0.1, 0.15) is 52.4 Å². The number of nitrogens with one attached hydrogen (secondary N) is 1. The van der Waals surface area contributed by atoms with E-state index in [4.69, 9.17) is 0 Å². The molecule has 84 valence electrons. The third-order valence-corrected chi connectivity index (χ3v) is 4.95. The van der Waals surface area contributed by atoms with E-state index in [0.717, 1.165) is 10.5 Å². The first kappa shape index (κ1) is 12.4. The average molecular weight is 215 g/mol. The predicted octanol–water partition coefficient (Wildman–Crippen LogP) is 3.44. The van der Waals surface area contributed by atoms with Gasteiger partial charge < -0.3 is 5.32 Å². The lowest BCUT2D eigenvalue weighted by molar-refractivity contribution is 0.505. The minimum atomic E-state index is 0.696. The molecular formula is C12H25NS. The summed E-state index contributed by atoms with van der Waals surface area (Å²) in [6.07, 6.45) is 8.54. The highest BCUT2D eigenvalue weighted by Crippen LogP contribution is 2.32. The van der Waals surface area contributed by atoms with Crippen molar-refractivity contribution in [2.24, 2.45) is 0 Å². The van der Waals surface area contributed by atoms with Crippen LogP contribution in [0.5, 0.6) is 0 Å². The van der Waals surface area contributed by atoms with E-state index in [-0.39, 0.29) is 0 Å². The molecule has 0 aromatic carbocycles. The quantitative estimate of drug-likeness (QED) is 0.754. The summed E-state index contributed by atoms with van der Waals surface area (Å²) in [5.74, 6) is 0. The largest absolute Gasteiger partial charge is 0.316 e. The molecule has 0 aliphatic heterocycles.